The highest BCUT2D eigenvalue weighted by molar-refractivity contribution is 9.10. The molecule has 2 N–H and O–H groups in total. The third-order valence-electron chi connectivity index (χ3n) is 13.1. The van der Waals surface area contributed by atoms with Gasteiger partial charge in [0.1, 0.15) is 35.2 Å². The molecule has 0 fully saturated rings. The van der Waals surface area contributed by atoms with E-state index in [1.807, 2.05) is 38.1 Å². The van der Waals surface area contributed by atoms with Crippen LogP contribution in [0.25, 0.3) is 11.1 Å². The van der Waals surface area contributed by atoms with Gasteiger partial charge in [-0.3, -0.25) is 0 Å². The van der Waals surface area contributed by atoms with Gasteiger partial charge in [-0.2, -0.15) is 19.2 Å². The van der Waals surface area contributed by atoms with Crippen LogP contribution in [0.5, 0.6) is 23.0 Å². The van der Waals surface area contributed by atoms with Crippen molar-refractivity contribution in [3.8, 4) is 34.1 Å². The fraction of sp³-hybridized carbons (Fsp3) is 0.321. The monoisotopic (exact) mass is 980 g/mol. The van der Waals surface area contributed by atoms with E-state index in [0.717, 1.165) is 90.3 Å². The first-order valence-electron chi connectivity index (χ1n) is 23.1. The molecule has 12 heteroatoms. The summed E-state index contributed by atoms with van der Waals surface area (Å²) in [6.45, 7) is 14.2. The van der Waals surface area contributed by atoms with Crippen molar-refractivity contribution in [3.05, 3.63) is 169 Å². The minimum absolute atomic E-state index is 0.0909. The summed E-state index contributed by atoms with van der Waals surface area (Å²) < 4.78 is 25.6. The Morgan fingerprint density at radius 3 is 1.43 bits per heavy atom. The number of benzene rings is 6. The molecule has 68 heavy (non-hydrogen) atoms. The summed E-state index contributed by atoms with van der Waals surface area (Å²) in [6, 6.07) is 38.3. The Balaban J connectivity index is 0.000000171. The van der Waals surface area contributed by atoms with E-state index >= 15 is 0 Å². The van der Waals surface area contributed by atoms with Gasteiger partial charge in [-0.15, -0.1) is 0 Å². The first-order chi connectivity index (χ1) is 32.8. The molecule has 352 valence electrons. The van der Waals surface area contributed by atoms with Gasteiger partial charge >= 0.3 is 19.4 Å². The lowest BCUT2D eigenvalue weighted by atomic mass is 9.74. The number of ether oxygens (including phenoxy) is 4. The Hall–Kier alpha value is -6.26. The molecule has 0 aromatic heterocycles. The van der Waals surface area contributed by atoms with Crippen LogP contribution >= 0.6 is 15.9 Å². The molecule has 2 unspecified atom stereocenters. The normalized spacial score (nSPS) is 17.5. The van der Waals surface area contributed by atoms with E-state index in [1.165, 1.54) is 55.6 Å². The molecule has 10 rings (SSSR count). The number of hydrogen-bond acceptors (Lipinski definition) is 10. The van der Waals surface area contributed by atoms with Crippen LogP contribution in [0, 0.1) is 27.7 Å². The van der Waals surface area contributed by atoms with Crippen molar-refractivity contribution in [1.82, 2.24) is 0 Å². The predicted molar refractivity (Wildman–Crippen MR) is 265 cm³/mol. The smallest absolute Gasteiger partial charge is 0.488 e. The number of hydrogen-bond donors (Lipinski definition) is 2. The van der Waals surface area contributed by atoms with Crippen LogP contribution in [0.3, 0.4) is 0 Å². The van der Waals surface area contributed by atoms with E-state index in [0.29, 0.717) is 17.3 Å². The second kappa shape index (κ2) is 24.2. The molecular formula is C56H58BBrO10. The Morgan fingerprint density at radius 1 is 0.574 bits per heavy atom. The van der Waals surface area contributed by atoms with Crippen LogP contribution in [-0.2, 0) is 32.0 Å². The van der Waals surface area contributed by atoms with Gasteiger partial charge < -0.3 is 29.0 Å². The molecule has 4 atom stereocenters. The Bertz CT molecular complexity index is 2710. The molecule has 10 nitrogen and oxygen atoms in total. The summed E-state index contributed by atoms with van der Waals surface area (Å²) in [5.74, 6) is 5.09. The summed E-state index contributed by atoms with van der Waals surface area (Å²) in [7, 11) is -1.35. The average molecular weight is 982 g/mol. The lowest BCUT2D eigenvalue weighted by Crippen LogP contribution is -2.34. The van der Waals surface area contributed by atoms with Crippen LogP contribution in [-0.4, -0.2) is 42.7 Å². The maximum Gasteiger partial charge on any atom is 0.488 e. The van der Waals surface area contributed by atoms with Crippen LogP contribution in [0.1, 0.15) is 119 Å². The van der Waals surface area contributed by atoms with E-state index in [1.54, 1.807) is 0 Å². The van der Waals surface area contributed by atoms with Crippen LogP contribution < -0.4 is 24.4 Å². The van der Waals surface area contributed by atoms with Gasteiger partial charge in [0.25, 0.3) is 0 Å². The van der Waals surface area contributed by atoms with Crippen molar-refractivity contribution in [3.63, 3.8) is 0 Å². The molecule has 6 aromatic carbocycles. The predicted octanol–water partition coefficient (Wildman–Crippen LogP) is 11.1. The second-order valence-electron chi connectivity index (χ2n) is 17.4. The standard InChI is InChI=1S/C27H28O2.C19H19BrO2.C8H11BO2.2CO2/c1-4-19-16-28-26-15-25-21(14-23(19)26)11-12-24(29-25)20-9-6-10-22(13-20)27-17(2)7-5-8-18(27)3;1-2-12-11-21-19-10-18-14(9-16(12)19)6-7-17(22-18)13-4-3-5-15(20)8-13;1-6-4-3-5-7(2)8(6)9(10)11;2*2-1-3/h5-10,13-15,19,24H,4,11-12,16H2,1-3H3;3-5,8-10,12,17H,2,6-7,11H2,1H3;3-5,10-11H,1-2H3;;/t19-,24?;12-,17?;;;/m11.../s1. The number of rotatable bonds is 6. The van der Waals surface area contributed by atoms with Crippen LogP contribution in [0.4, 0.5) is 0 Å². The van der Waals surface area contributed by atoms with Gasteiger partial charge in [0.05, 0.1) is 13.2 Å². The summed E-state index contributed by atoms with van der Waals surface area (Å²) in [4.78, 5) is 32.5. The number of carbonyl (C=O) groups excluding carboxylic acids is 4. The van der Waals surface area contributed by atoms with Crippen molar-refractivity contribution in [2.75, 3.05) is 13.2 Å². The van der Waals surface area contributed by atoms with Gasteiger partial charge in [-0.25, -0.2) is 0 Å². The van der Waals surface area contributed by atoms with E-state index in [4.69, 9.17) is 48.2 Å². The Labute approximate surface area is 407 Å². The van der Waals surface area contributed by atoms with Crippen LogP contribution in [0.2, 0.25) is 0 Å². The van der Waals surface area contributed by atoms with Gasteiger partial charge in [0.2, 0.25) is 0 Å². The molecule has 0 aliphatic carbocycles. The number of aryl methyl sites for hydroxylation is 6. The Morgan fingerprint density at radius 2 is 1.00 bits per heavy atom. The van der Waals surface area contributed by atoms with E-state index in [-0.39, 0.29) is 24.5 Å². The minimum atomic E-state index is -1.35. The lowest BCUT2D eigenvalue weighted by Gasteiger charge is -2.27. The zero-order valence-corrected chi connectivity index (χ0v) is 41.1. The molecule has 0 saturated heterocycles. The minimum Gasteiger partial charge on any atom is -0.493 e. The quantitative estimate of drug-likeness (QED) is 0.155. The molecule has 0 radical (unpaired) electrons. The summed E-state index contributed by atoms with van der Waals surface area (Å²) in [5.41, 5.74) is 15.6. The zero-order valence-electron chi connectivity index (χ0n) is 39.5. The fourth-order valence-corrected chi connectivity index (χ4v) is 9.97. The van der Waals surface area contributed by atoms with Gasteiger partial charge in [-0.05, 0) is 147 Å². The molecule has 0 saturated carbocycles. The molecule has 4 aliphatic rings. The molecule has 4 heterocycles. The maximum absolute atomic E-state index is 8.94. The van der Waals surface area contributed by atoms with E-state index in [9.17, 15) is 0 Å². The molecular weight excluding hydrogens is 923 g/mol. The van der Waals surface area contributed by atoms with Crippen molar-refractivity contribution in [2.24, 2.45) is 0 Å². The first kappa shape index (κ1) is 51.1. The molecule has 0 spiro atoms. The summed E-state index contributed by atoms with van der Waals surface area (Å²) >= 11 is 3.54. The highest BCUT2D eigenvalue weighted by Crippen LogP contribution is 2.46. The van der Waals surface area contributed by atoms with E-state index in [2.05, 4.69) is 129 Å². The highest BCUT2D eigenvalue weighted by Gasteiger charge is 2.30. The first-order valence-corrected chi connectivity index (χ1v) is 23.9. The SMILES string of the molecule is CC[C@@H]1COc2cc3c(cc21)CCC(c1cccc(-c2c(C)cccc2C)c1)O3.CC[C@@H]1COc2cc3c(cc21)CCC(c1cccc(Br)c1)O3.Cc1cccc(C)c1B(O)O.O=C=O.O=C=O. The molecule has 0 bridgehead atoms. The van der Waals surface area contributed by atoms with Crippen molar-refractivity contribution < 1.29 is 48.2 Å². The van der Waals surface area contributed by atoms with Gasteiger partial charge in [0, 0.05) is 39.6 Å². The van der Waals surface area contributed by atoms with Crippen LogP contribution in [0.15, 0.2) is 114 Å². The second-order valence-corrected chi connectivity index (χ2v) is 18.3. The lowest BCUT2D eigenvalue weighted by molar-refractivity contribution is -0.193. The van der Waals surface area contributed by atoms with Gasteiger partial charge in [0.15, 0.2) is 0 Å². The van der Waals surface area contributed by atoms with Crippen molar-refractivity contribution in [2.45, 2.75) is 104 Å². The maximum atomic E-state index is 8.94. The van der Waals surface area contributed by atoms with Crippen molar-refractivity contribution >= 4 is 40.8 Å². The Kier molecular flexibility index (Phi) is 18.2. The number of halogens is 1. The number of fused-ring (bicyclic) bond motifs is 4. The molecule has 6 aromatic rings. The highest BCUT2D eigenvalue weighted by atomic mass is 79.9. The summed E-state index contributed by atoms with van der Waals surface area (Å²) in [6.07, 6.45) is 7.14. The van der Waals surface area contributed by atoms with Gasteiger partial charge in [-0.1, -0.05) is 108 Å². The average Bonchev–Trinajstić information content (AvgIpc) is 3.93. The fourth-order valence-electron chi connectivity index (χ4n) is 9.56. The zero-order chi connectivity index (χ0) is 48.9. The molecule has 4 aliphatic heterocycles. The van der Waals surface area contributed by atoms with E-state index < -0.39 is 7.12 Å². The largest absolute Gasteiger partial charge is 0.493 e. The molecule has 0 amide bonds. The van der Waals surface area contributed by atoms with Crippen molar-refractivity contribution in [1.29, 1.82) is 0 Å². The topological polar surface area (TPSA) is 146 Å². The summed E-state index contributed by atoms with van der Waals surface area (Å²) in [5, 5.41) is 17.9. The third kappa shape index (κ3) is 12.2. The third-order valence-corrected chi connectivity index (χ3v) is 13.6.